The molecule has 1 fully saturated rings. The molecule has 0 unspecified atom stereocenters. The molecular formula is C11H23Cl2N5O3. The number of carbonyl (C=O) groups excluding carboxylic acids is 1. The number of hydrogen-bond acceptors (Lipinski definition) is 4. The molecule has 10 heteroatoms. The van der Waals surface area contributed by atoms with Crippen molar-refractivity contribution < 1.29 is 14.7 Å². The van der Waals surface area contributed by atoms with Crippen molar-refractivity contribution in [3.05, 3.63) is 0 Å². The number of carboxylic acid groups (broad SMARTS) is 1. The first-order valence-corrected chi connectivity index (χ1v) is 6.27. The van der Waals surface area contributed by atoms with Gasteiger partial charge < -0.3 is 27.2 Å². The SMILES string of the molecule is Cl.Cl.NC(N)=NCCC[C@H](N)C(=O)N1CCC[C@H]1C(=O)O. The Hall–Kier alpha value is -1.25. The van der Waals surface area contributed by atoms with E-state index in [0.29, 0.717) is 38.8 Å². The van der Waals surface area contributed by atoms with E-state index in [1.54, 1.807) is 0 Å². The third-order valence-corrected chi connectivity index (χ3v) is 3.11. The van der Waals surface area contributed by atoms with Crippen LogP contribution in [0.2, 0.25) is 0 Å². The smallest absolute Gasteiger partial charge is 0.326 e. The molecule has 0 aromatic heterocycles. The van der Waals surface area contributed by atoms with E-state index in [0.717, 1.165) is 0 Å². The summed E-state index contributed by atoms with van der Waals surface area (Å²) in [6.45, 7) is 0.864. The number of nitrogens with zero attached hydrogens (tertiary/aromatic N) is 2. The second-order valence-corrected chi connectivity index (χ2v) is 4.58. The van der Waals surface area contributed by atoms with Gasteiger partial charge in [0.15, 0.2) is 5.96 Å². The Morgan fingerprint density at radius 3 is 2.48 bits per heavy atom. The molecule has 0 radical (unpaired) electrons. The van der Waals surface area contributed by atoms with Gasteiger partial charge in [0, 0.05) is 13.1 Å². The van der Waals surface area contributed by atoms with Crippen molar-refractivity contribution in [2.75, 3.05) is 13.1 Å². The molecule has 1 heterocycles. The van der Waals surface area contributed by atoms with Crippen LogP contribution in [0.15, 0.2) is 4.99 Å². The maximum absolute atomic E-state index is 12.0. The lowest BCUT2D eigenvalue weighted by Gasteiger charge is -2.24. The summed E-state index contributed by atoms with van der Waals surface area (Å²) in [6.07, 6.45) is 2.19. The number of aliphatic imine (C=N–C) groups is 1. The fraction of sp³-hybridized carbons (Fsp3) is 0.727. The summed E-state index contributed by atoms with van der Waals surface area (Å²) in [5, 5.41) is 9.01. The van der Waals surface area contributed by atoms with Crippen molar-refractivity contribution in [3.63, 3.8) is 0 Å². The van der Waals surface area contributed by atoms with Crippen LogP contribution < -0.4 is 17.2 Å². The van der Waals surface area contributed by atoms with Gasteiger partial charge in [-0.1, -0.05) is 0 Å². The van der Waals surface area contributed by atoms with Crippen LogP contribution in [0, 0.1) is 0 Å². The van der Waals surface area contributed by atoms with Crippen LogP contribution in [0.5, 0.6) is 0 Å². The quantitative estimate of drug-likeness (QED) is 0.284. The molecule has 1 aliphatic rings. The molecule has 1 saturated heterocycles. The molecular weight excluding hydrogens is 321 g/mol. The minimum Gasteiger partial charge on any atom is -0.480 e. The molecule has 0 aliphatic carbocycles. The van der Waals surface area contributed by atoms with Gasteiger partial charge in [0.05, 0.1) is 6.04 Å². The van der Waals surface area contributed by atoms with Gasteiger partial charge in [-0.2, -0.15) is 0 Å². The van der Waals surface area contributed by atoms with Gasteiger partial charge in [0.2, 0.25) is 5.91 Å². The molecule has 0 aromatic rings. The number of nitrogens with two attached hydrogens (primary N) is 3. The van der Waals surface area contributed by atoms with Crippen molar-refractivity contribution in [2.24, 2.45) is 22.2 Å². The molecule has 0 bridgehead atoms. The lowest BCUT2D eigenvalue weighted by atomic mass is 10.1. The summed E-state index contributed by atoms with van der Waals surface area (Å²) in [5.41, 5.74) is 16.1. The van der Waals surface area contributed by atoms with E-state index < -0.39 is 18.1 Å². The Balaban J connectivity index is 0. The summed E-state index contributed by atoms with van der Waals surface area (Å²) < 4.78 is 0. The second kappa shape index (κ2) is 10.5. The fourth-order valence-electron chi connectivity index (χ4n) is 2.14. The lowest BCUT2D eigenvalue weighted by molar-refractivity contribution is -0.148. The number of guanidine groups is 1. The van der Waals surface area contributed by atoms with Crippen molar-refractivity contribution >= 4 is 42.7 Å². The Morgan fingerprint density at radius 1 is 1.33 bits per heavy atom. The highest BCUT2D eigenvalue weighted by atomic mass is 35.5. The molecule has 1 amide bonds. The average molecular weight is 344 g/mol. The van der Waals surface area contributed by atoms with Crippen LogP contribution in [-0.2, 0) is 9.59 Å². The maximum Gasteiger partial charge on any atom is 0.326 e. The number of hydrogen-bond donors (Lipinski definition) is 4. The summed E-state index contributed by atoms with van der Waals surface area (Å²) in [5.74, 6) is -1.28. The maximum atomic E-state index is 12.0. The normalized spacial score (nSPS) is 18.1. The molecule has 0 saturated carbocycles. The van der Waals surface area contributed by atoms with E-state index in [9.17, 15) is 9.59 Å². The van der Waals surface area contributed by atoms with E-state index in [1.807, 2.05) is 0 Å². The zero-order valence-corrected chi connectivity index (χ0v) is 13.2. The molecule has 0 spiro atoms. The zero-order valence-electron chi connectivity index (χ0n) is 11.6. The first-order chi connectivity index (χ1) is 8.93. The van der Waals surface area contributed by atoms with Gasteiger partial charge in [-0.25, -0.2) is 4.79 Å². The molecule has 1 rings (SSSR count). The number of carboxylic acids is 1. The number of halogens is 2. The van der Waals surface area contributed by atoms with Crippen LogP contribution in [-0.4, -0.2) is 53.0 Å². The molecule has 1 aliphatic heterocycles. The summed E-state index contributed by atoms with van der Waals surface area (Å²) in [7, 11) is 0. The monoisotopic (exact) mass is 343 g/mol. The van der Waals surface area contributed by atoms with E-state index in [2.05, 4.69) is 4.99 Å². The van der Waals surface area contributed by atoms with E-state index in [1.165, 1.54) is 4.90 Å². The average Bonchev–Trinajstić information content (AvgIpc) is 2.82. The molecule has 21 heavy (non-hydrogen) atoms. The largest absolute Gasteiger partial charge is 0.480 e. The summed E-state index contributed by atoms with van der Waals surface area (Å²) in [4.78, 5) is 28.2. The Labute approximate surface area is 135 Å². The minimum atomic E-state index is -0.974. The van der Waals surface area contributed by atoms with Crippen LogP contribution >= 0.6 is 24.8 Å². The van der Waals surface area contributed by atoms with Crippen molar-refractivity contribution in [2.45, 2.75) is 37.8 Å². The highest BCUT2D eigenvalue weighted by Crippen LogP contribution is 2.18. The second-order valence-electron chi connectivity index (χ2n) is 4.58. The molecule has 7 N–H and O–H groups in total. The third-order valence-electron chi connectivity index (χ3n) is 3.11. The zero-order chi connectivity index (χ0) is 14.4. The third kappa shape index (κ3) is 6.83. The minimum absolute atomic E-state index is 0. The van der Waals surface area contributed by atoms with Gasteiger partial charge in [-0.05, 0) is 25.7 Å². The first kappa shape index (κ1) is 22.0. The molecule has 8 nitrogen and oxygen atoms in total. The number of carbonyl (C=O) groups is 2. The Kier molecular flexibility index (Phi) is 11.0. The number of amides is 1. The Morgan fingerprint density at radius 2 is 1.95 bits per heavy atom. The predicted octanol–water partition coefficient (Wildman–Crippen LogP) is -0.713. The van der Waals surface area contributed by atoms with Crippen LogP contribution in [0.1, 0.15) is 25.7 Å². The number of likely N-dealkylation sites (tertiary alicyclic amines) is 1. The fourth-order valence-corrected chi connectivity index (χ4v) is 2.14. The van der Waals surface area contributed by atoms with Crippen LogP contribution in [0.25, 0.3) is 0 Å². The lowest BCUT2D eigenvalue weighted by Crippen LogP contribution is -2.48. The molecule has 0 aromatic carbocycles. The van der Waals surface area contributed by atoms with E-state index in [4.69, 9.17) is 22.3 Å². The number of aliphatic carboxylic acids is 1. The Bertz CT molecular complexity index is 377. The summed E-state index contributed by atoms with van der Waals surface area (Å²) in [6, 6.07) is -1.44. The van der Waals surface area contributed by atoms with Gasteiger partial charge in [0.25, 0.3) is 0 Å². The number of rotatable bonds is 6. The highest BCUT2D eigenvalue weighted by molar-refractivity contribution is 5.87. The van der Waals surface area contributed by atoms with E-state index in [-0.39, 0.29) is 36.7 Å². The van der Waals surface area contributed by atoms with Crippen molar-refractivity contribution in [1.29, 1.82) is 0 Å². The molecule has 124 valence electrons. The van der Waals surface area contributed by atoms with Gasteiger partial charge >= 0.3 is 5.97 Å². The van der Waals surface area contributed by atoms with Gasteiger partial charge in [-0.15, -0.1) is 24.8 Å². The van der Waals surface area contributed by atoms with Crippen molar-refractivity contribution in [1.82, 2.24) is 4.90 Å². The van der Waals surface area contributed by atoms with Crippen LogP contribution in [0.4, 0.5) is 0 Å². The highest BCUT2D eigenvalue weighted by Gasteiger charge is 2.35. The standard InChI is InChI=1S/C11H21N5O3.2ClH/c12-7(3-1-5-15-11(13)14)9(17)16-6-2-4-8(16)10(18)19;;/h7-8H,1-6,12H2,(H,18,19)(H4,13,14,15);2*1H/t7-,8-;;/m0../s1. The van der Waals surface area contributed by atoms with Crippen molar-refractivity contribution in [3.8, 4) is 0 Å². The summed E-state index contributed by atoms with van der Waals surface area (Å²) >= 11 is 0. The van der Waals surface area contributed by atoms with E-state index >= 15 is 0 Å². The van der Waals surface area contributed by atoms with Crippen LogP contribution in [0.3, 0.4) is 0 Å². The van der Waals surface area contributed by atoms with Gasteiger partial charge in [0.1, 0.15) is 6.04 Å². The van der Waals surface area contributed by atoms with Gasteiger partial charge in [-0.3, -0.25) is 9.79 Å². The topological polar surface area (TPSA) is 148 Å². The predicted molar refractivity (Wildman–Crippen MR) is 84.8 cm³/mol. The molecule has 2 atom stereocenters. The first-order valence-electron chi connectivity index (χ1n) is 6.27.